The van der Waals surface area contributed by atoms with E-state index in [1.807, 2.05) is 59.1 Å². The summed E-state index contributed by atoms with van der Waals surface area (Å²) in [4.78, 5) is 19.4. The first-order chi connectivity index (χ1) is 15.2. The van der Waals surface area contributed by atoms with Crippen molar-refractivity contribution in [3.8, 4) is 0 Å². The minimum atomic E-state index is 0. The minimum Gasteiger partial charge on any atom is -0.357 e. The van der Waals surface area contributed by atoms with Crippen molar-refractivity contribution in [2.75, 3.05) is 24.5 Å². The summed E-state index contributed by atoms with van der Waals surface area (Å²) in [5.74, 6) is 0.687. The van der Waals surface area contributed by atoms with E-state index in [4.69, 9.17) is 4.99 Å². The first-order valence-corrected chi connectivity index (χ1v) is 10.7. The molecule has 0 saturated heterocycles. The lowest BCUT2D eigenvalue weighted by molar-refractivity contribution is -0.117. The first-order valence-electron chi connectivity index (χ1n) is 10.7. The average molecular weight is 544 g/mol. The van der Waals surface area contributed by atoms with E-state index in [1.54, 1.807) is 6.20 Å². The van der Waals surface area contributed by atoms with E-state index in [0.717, 1.165) is 30.8 Å². The number of hydrogen-bond acceptors (Lipinski definition) is 3. The number of aromatic nitrogens is 2. The van der Waals surface area contributed by atoms with Gasteiger partial charge in [0.15, 0.2) is 5.96 Å². The fraction of sp³-hybridized carbons (Fsp3) is 0.292. The Morgan fingerprint density at radius 1 is 1.06 bits per heavy atom. The Balaban J connectivity index is 0.00000289. The maximum Gasteiger partial charge on any atom is 0.246 e. The van der Waals surface area contributed by atoms with Crippen LogP contribution in [-0.2, 0) is 24.3 Å². The van der Waals surface area contributed by atoms with Crippen LogP contribution in [0.25, 0.3) is 0 Å². The first kappa shape index (κ1) is 23.8. The molecule has 0 saturated carbocycles. The van der Waals surface area contributed by atoms with Crippen molar-refractivity contribution in [2.45, 2.75) is 26.4 Å². The number of para-hydroxylation sites is 1. The normalized spacial score (nSPS) is 12.8. The van der Waals surface area contributed by atoms with E-state index in [0.29, 0.717) is 19.0 Å². The van der Waals surface area contributed by atoms with Gasteiger partial charge in [-0.3, -0.25) is 9.48 Å². The highest BCUT2D eigenvalue weighted by Crippen LogP contribution is 2.27. The molecule has 0 unspecified atom stereocenters. The number of benzene rings is 2. The molecule has 0 atom stereocenters. The highest BCUT2D eigenvalue weighted by molar-refractivity contribution is 14.0. The van der Waals surface area contributed by atoms with Gasteiger partial charge in [-0.2, -0.15) is 5.10 Å². The highest BCUT2D eigenvalue weighted by Gasteiger charge is 2.23. The molecule has 1 aliphatic rings. The van der Waals surface area contributed by atoms with Crippen LogP contribution in [0.5, 0.6) is 0 Å². The minimum absolute atomic E-state index is 0. The Bertz CT molecular complexity index is 1050. The summed E-state index contributed by atoms with van der Waals surface area (Å²) in [5, 5.41) is 10.7. The van der Waals surface area contributed by atoms with Crippen molar-refractivity contribution >= 4 is 41.5 Å². The molecular weight excluding hydrogens is 515 g/mol. The summed E-state index contributed by atoms with van der Waals surface area (Å²) in [6.45, 7) is 4.90. The summed E-state index contributed by atoms with van der Waals surface area (Å²) in [5.41, 5.74) is 4.56. The van der Waals surface area contributed by atoms with Crippen LogP contribution < -0.4 is 15.5 Å². The zero-order chi connectivity index (χ0) is 21.5. The van der Waals surface area contributed by atoms with Crippen molar-refractivity contribution in [1.29, 1.82) is 0 Å². The summed E-state index contributed by atoms with van der Waals surface area (Å²) in [7, 11) is 0. The van der Waals surface area contributed by atoms with Gasteiger partial charge in [0.25, 0.3) is 0 Å². The second kappa shape index (κ2) is 11.7. The van der Waals surface area contributed by atoms with Gasteiger partial charge in [-0.25, -0.2) is 4.99 Å². The van der Waals surface area contributed by atoms with Gasteiger partial charge >= 0.3 is 0 Å². The van der Waals surface area contributed by atoms with Gasteiger partial charge in [0, 0.05) is 31.2 Å². The number of anilines is 1. The van der Waals surface area contributed by atoms with E-state index >= 15 is 0 Å². The predicted molar refractivity (Wildman–Crippen MR) is 139 cm³/mol. The lowest BCUT2D eigenvalue weighted by Gasteiger charge is -2.19. The lowest BCUT2D eigenvalue weighted by atomic mass is 10.1. The number of carbonyl (C=O) groups is 1. The molecule has 7 nitrogen and oxygen atoms in total. The van der Waals surface area contributed by atoms with E-state index in [2.05, 4.69) is 33.9 Å². The van der Waals surface area contributed by atoms with Crippen molar-refractivity contribution < 1.29 is 4.79 Å². The Morgan fingerprint density at radius 3 is 2.62 bits per heavy atom. The number of halogens is 1. The van der Waals surface area contributed by atoms with Crippen LogP contribution in [-0.4, -0.2) is 41.3 Å². The van der Waals surface area contributed by atoms with Crippen LogP contribution in [0, 0.1) is 0 Å². The van der Waals surface area contributed by atoms with Crippen LogP contribution in [0.2, 0.25) is 0 Å². The molecule has 32 heavy (non-hydrogen) atoms. The third kappa shape index (κ3) is 5.87. The maximum atomic E-state index is 12.8. The van der Waals surface area contributed by atoms with E-state index in [9.17, 15) is 4.79 Å². The van der Waals surface area contributed by atoms with E-state index in [1.165, 1.54) is 11.1 Å². The average Bonchev–Trinajstić information content (AvgIpc) is 3.46. The van der Waals surface area contributed by atoms with Crippen LogP contribution >= 0.6 is 24.0 Å². The number of carbonyl (C=O) groups excluding carboxylic acids is 1. The Labute approximate surface area is 205 Å². The van der Waals surface area contributed by atoms with E-state index in [-0.39, 0.29) is 36.4 Å². The number of guanidine groups is 1. The van der Waals surface area contributed by atoms with Crippen molar-refractivity contribution in [3.05, 3.63) is 83.7 Å². The zero-order valence-electron chi connectivity index (χ0n) is 18.2. The maximum absolute atomic E-state index is 12.8. The molecule has 1 aliphatic heterocycles. The number of nitrogens with one attached hydrogen (secondary N) is 2. The van der Waals surface area contributed by atoms with E-state index < -0.39 is 0 Å². The smallest absolute Gasteiger partial charge is 0.246 e. The summed E-state index contributed by atoms with van der Waals surface area (Å²) in [6.07, 6.45) is 4.64. The summed E-state index contributed by atoms with van der Waals surface area (Å²) < 4.78 is 1.90. The SMILES string of the molecule is CCNC(=NCc1ccccc1Cn1cccn1)NCC(=O)N1CCc2ccccc21.I. The molecule has 168 valence electrons. The van der Waals surface area contributed by atoms with Gasteiger partial charge in [-0.05, 0) is 42.2 Å². The fourth-order valence-corrected chi connectivity index (χ4v) is 3.79. The van der Waals surface area contributed by atoms with Gasteiger partial charge in [-0.1, -0.05) is 42.5 Å². The quantitative estimate of drug-likeness (QED) is 0.272. The number of nitrogens with zero attached hydrogens (tertiary/aromatic N) is 4. The molecule has 0 fully saturated rings. The third-order valence-corrected chi connectivity index (χ3v) is 5.36. The predicted octanol–water partition coefficient (Wildman–Crippen LogP) is 3.19. The lowest BCUT2D eigenvalue weighted by Crippen LogP contribution is -2.44. The molecule has 1 aromatic heterocycles. The van der Waals surface area contributed by atoms with Crippen LogP contribution in [0.3, 0.4) is 0 Å². The number of aliphatic imine (C=N–C) groups is 1. The molecule has 8 heteroatoms. The van der Waals surface area contributed by atoms with Gasteiger partial charge < -0.3 is 15.5 Å². The molecule has 0 bridgehead atoms. The van der Waals surface area contributed by atoms with Crippen LogP contribution in [0.4, 0.5) is 5.69 Å². The molecule has 1 amide bonds. The number of hydrogen-bond donors (Lipinski definition) is 2. The fourth-order valence-electron chi connectivity index (χ4n) is 3.79. The molecule has 3 aromatic rings. The monoisotopic (exact) mass is 544 g/mol. The molecule has 0 radical (unpaired) electrons. The second-order valence-corrected chi connectivity index (χ2v) is 7.45. The van der Waals surface area contributed by atoms with Crippen LogP contribution in [0.15, 0.2) is 72.0 Å². The summed E-state index contributed by atoms with van der Waals surface area (Å²) in [6, 6.07) is 18.2. The largest absolute Gasteiger partial charge is 0.357 e. The molecule has 0 aliphatic carbocycles. The van der Waals surface area contributed by atoms with Gasteiger partial charge in [0.1, 0.15) is 0 Å². The number of rotatable bonds is 7. The Hall–Kier alpha value is -2.88. The van der Waals surface area contributed by atoms with Crippen LogP contribution in [0.1, 0.15) is 23.6 Å². The Morgan fingerprint density at radius 2 is 1.84 bits per heavy atom. The van der Waals surface area contributed by atoms with Gasteiger partial charge in [-0.15, -0.1) is 24.0 Å². The zero-order valence-corrected chi connectivity index (χ0v) is 20.5. The molecule has 0 spiro atoms. The third-order valence-electron chi connectivity index (χ3n) is 5.36. The molecule has 2 aromatic carbocycles. The van der Waals surface area contributed by atoms with Gasteiger partial charge in [0.2, 0.25) is 5.91 Å². The molecular formula is C24H29IN6O. The second-order valence-electron chi connectivity index (χ2n) is 7.45. The molecule has 2 heterocycles. The van der Waals surface area contributed by atoms with Crippen molar-refractivity contribution in [1.82, 2.24) is 20.4 Å². The summed E-state index contributed by atoms with van der Waals surface area (Å²) >= 11 is 0. The Kier molecular flexibility index (Phi) is 8.66. The topological polar surface area (TPSA) is 74.5 Å². The number of amides is 1. The van der Waals surface area contributed by atoms with Crippen molar-refractivity contribution in [3.63, 3.8) is 0 Å². The number of fused-ring (bicyclic) bond motifs is 1. The van der Waals surface area contributed by atoms with Gasteiger partial charge in [0.05, 0.1) is 19.6 Å². The molecule has 4 rings (SSSR count). The standard InChI is InChI=1S/C24H28N6O.HI/c1-2-25-24(27-17-23(31)30-15-12-19-8-5-6-11-22(19)30)26-16-20-9-3-4-10-21(20)18-29-14-7-13-28-29;/h3-11,13-14H,2,12,15-18H2,1H3,(H2,25,26,27);1H. The van der Waals surface area contributed by atoms with Crippen molar-refractivity contribution in [2.24, 2.45) is 4.99 Å². The molecule has 2 N–H and O–H groups in total. The highest BCUT2D eigenvalue weighted by atomic mass is 127.